The molecule has 0 bridgehead atoms. The normalized spacial score (nSPS) is 23.0. The Kier molecular flexibility index (Phi) is 1.77. The van der Waals surface area contributed by atoms with E-state index in [1.807, 2.05) is 4.68 Å². The van der Waals surface area contributed by atoms with Gasteiger partial charge in [-0.3, -0.25) is 4.79 Å². The Bertz CT molecular complexity index is 258. The van der Waals surface area contributed by atoms with Crippen molar-refractivity contribution in [3.63, 3.8) is 0 Å². The standard InChI is InChI=1S/C7H10N4O/c12-6-10-2-1-7(3-10)11-5-8-4-9-11/h4-7H,1-3H2. The highest BCUT2D eigenvalue weighted by Gasteiger charge is 2.22. The molecule has 5 heteroatoms. The summed E-state index contributed by atoms with van der Waals surface area (Å²) in [7, 11) is 0. The van der Waals surface area contributed by atoms with E-state index in [-0.39, 0.29) is 0 Å². The molecule has 1 aliphatic rings. The lowest BCUT2D eigenvalue weighted by Crippen LogP contribution is -2.19. The molecule has 0 N–H and O–H groups in total. The first kappa shape index (κ1) is 7.27. The van der Waals surface area contributed by atoms with Crippen LogP contribution in [-0.2, 0) is 4.79 Å². The van der Waals surface area contributed by atoms with Crippen LogP contribution >= 0.6 is 0 Å². The van der Waals surface area contributed by atoms with Gasteiger partial charge in [0.25, 0.3) is 0 Å². The fraction of sp³-hybridized carbons (Fsp3) is 0.571. The van der Waals surface area contributed by atoms with Gasteiger partial charge in [0, 0.05) is 13.1 Å². The molecule has 0 spiro atoms. The van der Waals surface area contributed by atoms with Gasteiger partial charge in [-0.05, 0) is 6.42 Å². The first-order valence-corrected chi connectivity index (χ1v) is 3.93. The van der Waals surface area contributed by atoms with Crippen molar-refractivity contribution in [1.29, 1.82) is 0 Å². The van der Waals surface area contributed by atoms with Crippen LogP contribution in [-0.4, -0.2) is 39.2 Å². The topological polar surface area (TPSA) is 51.0 Å². The fourth-order valence-corrected chi connectivity index (χ4v) is 1.49. The van der Waals surface area contributed by atoms with Crippen molar-refractivity contribution in [2.24, 2.45) is 0 Å². The third kappa shape index (κ3) is 1.17. The van der Waals surface area contributed by atoms with Crippen molar-refractivity contribution in [3.05, 3.63) is 12.7 Å². The lowest BCUT2D eigenvalue weighted by molar-refractivity contribution is -0.117. The third-order valence-electron chi connectivity index (χ3n) is 2.15. The van der Waals surface area contributed by atoms with Gasteiger partial charge >= 0.3 is 0 Å². The molecule has 0 saturated carbocycles. The minimum atomic E-state index is 0.317. The van der Waals surface area contributed by atoms with Gasteiger partial charge in [-0.25, -0.2) is 9.67 Å². The molecule has 1 fully saturated rings. The number of rotatable bonds is 2. The van der Waals surface area contributed by atoms with E-state index >= 15 is 0 Å². The number of likely N-dealkylation sites (tertiary alicyclic amines) is 1. The van der Waals surface area contributed by atoms with E-state index < -0.39 is 0 Å². The zero-order valence-corrected chi connectivity index (χ0v) is 6.63. The summed E-state index contributed by atoms with van der Waals surface area (Å²) in [5.41, 5.74) is 0. The fourth-order valence-electron chi connectivity index (χ4n) is 1.49. The van der Waals surface area contributed by atoms with Crippen LogP contribution in [0.1, 0.15) is 12.5 Å². The van der Waals surface area contributed by atoms with Crippen LogP contribution < -0.4 is 0 Å². The molecule has 1 unspecified atom stereocenters. The second-order valence-electron chi connectivity index (χ2n) is 2.92. The lowest BCUT2D eigenvalue weighted by Gasteiger charge is -2.09. The molecule has 1 atom stereocenters. The molecule has 1 amide bonds. The van der Waals surface area contributed by atoms with E-state index in [1.54, 1.807) is 11.2 Å². The summed E-state index contributed by atoms with van der Waals surface area (Å²) in [6.45, 7) is 1.58. The molecular formula is C7H10N4O. The summed E-state index contributed by atoms with van der Waals surface area (Å²) in [5.74, 6) is 0. The second kappa shape index (κ2) is 2.92. The van der Waals surface area contributed by atoms with E-state index in [0.29, 0.717) is 6.04 Å². The first-order valence-electron chi connectivity index (χ1n) is 3.93. The van der Waals surface area contributed by atoms with Gasteiger partial charge in [0.2, 0.25) is 6.41 Å². The van der Waals surface area contributed by atoms with Crippen molar-refractivity contribution in [3.8, 4) is 0 Å². The van der Waals surface area contributed by atoms with Crippen LogP contribution in [0.15, 0.2) is 12.7 Å². The maximum Gasteiger partial charge on any atom is 0.209 e. The SMILES string of the molecule is O=CN1CCC(n2cncn2)C1. The van der Waals surface area contributed by atoms with Crippen LogP contribution in [0.3, 0.4) is 0 Å². The smallest absolute Gasteiger partial charge is 0.209 e. The maximum absolute atomic E-state index is 10.4. The maximum atomic E-state index is 10.4. The average molecular weight is 166 g/mol. The van der Waals surface area contributed by atoms with E-state index in [2.05, 4.69) is 10.1 Å². The summed E-state index contributed by atoms with van der Waals surface area (Å²) in [4.78, 5) is 16.0. The summed E-state index contributed by atoms with van der Waals surface area (Å²) in [6, 6.07) is 0.317. The minimum Gasteiger partial charge on any atom is -0.343 e. The molecule has 0 aliphatic carbocycles. The predicted octanol–water partition coefficient (Wildman–Crippen LogP) is -0.319. The van der Waals surface area contributed by atoms with Crippen molar-refractivity contribution < 1.29 is 4.79 Å². The number of amides is 1. The summed E-state index contributed by atoms with van der Waals surface area (Å²) in [5, 5.41) is 4.03. The Balaban J connectivity index is 2.04. The van der Waals surface area contributed by atoms with Crippen molar-refractivity contribution in [2.75, 3.05) is 13.1 Å². The average Bonchev–Trinajstić information content (AvgIpc) is 2.75. The molecule has 64 valence electrons. The van der Waals surface area contributed by atoms with E-state index in [0.717, 1.165) is 25.9 Å². The Hall–Kier alpha value is -1.39. The molecule has 1 saturated heterocycles. The number of nitrogens with zero attached hydrogens (tertiary/aromatic N) is 4. The largest absolute Gasteiger partial charge is 0.343 e. The molecule has 0 aromatic carbocycles. The van der Waals surface area contributed by atoms with Crippen molar-refractivity contribution in [2.45, 2.75) is 12.5 Å². The minimum absolute atomic E-state index is 0.317. The van der Waals surface area contributed by atoms with Crippen molar-refractivity contribution in [1.82, 2.24) is 19.7 Å². The van der Waals surface area contributed by atoms with Gasteiger partial charge in [0.15, 0.2) is 0 Å². The highest BCUT2D eigenvalue weighted by atomic mass is 16.1. The van der Waals surface area contributed by atoms with Crippen LogP contribution in [0.25, 0.3) is 0 Å². The van der Waals surface area contributed by atoms with Gasteiger partial charge in [0.1, 0.15) is 12.7 Å². The lowest BCUT2D eigenvalue weighted by atomic mass is 10.3. The Labute approximate surface area is 70.0 Å². The van der Waals surface area contributed by atoms with Gasteiger partial charge in [-0.15, -0.1) is 0 Å². The van der Waals surface area contributed by atoms with Gasteiger partial charge < -0.3 is 4.90 Å². The summed E-state index contributed by atoms with van der Waals surface area (Å²) >= 11 is 0. The second-order valence-corrected chi connectivity index (χ2v) is 2.92. The molecule has 12 heavy (non-hydrogen) atoms. The summed E-state index contributed by atoms with van der Waals surface area (Å²) in [6.07, 6.45) is 5.07. The quantitative estimate of drug-likeness (QED) is 0.566. The molecule has 2 rings (SSSR count). The zero-order chi connectivity index (χ0) is 8.39. The van der Waals surface area contributed by atoms with Gasteiger partial charge in [-0.1, -0.05) is 0 Å². The van der Waals surface area contributed by atoms with Gasteiger partial charge in [0.05, 0.1) is 6.04 Å². The number of carbonyl (C=O) groups excluding carboxylic acids is 1. The number of carbonyl (C=O) groups is 1. The van der Waals surface area contributed by atoms with Crippen LogP contribution in [0.5, 0.6) is 0 Å². The highest BCUT2D eigenvalue weighted by Crippen LogP contribution is 2.18. The zero-order valence-electron chi connectivity index (χ0n) is 6.63. The van der Waals surface area contributed by atoms with Gasteiger partial charge in [-0.2, -0.15) is 5.10 Å². The molecule has 0 radical (unpaired) electrons. The number of aromatic nitrogens is 3. The Morgan fingerprint density at radius 1 is 1.58 bits per heavy atom. The van der Waals surface area contributed by atoms with Crippen LogP contribution in [0, 0.1) is 0 Å². The first-order chi connectivity index (χ1) is 5.90. The van der Waals surface area contributed by atoms with Crippen LogP contribution in [0.4, 0.5) is 0 Å². The third-order valence-corrected chi connectivity index (χ3v) is 2.15. The Morgan fingerprint density at radius 2 is 2.50 bits per heavy atom. The van der Waals surface area contributed by atoms with E-state index in [4.69, 9.17) is 0 Å². The molecule has 1 aliphatic heterocycles. The highest BCUT2D eigenvalue weighted by molar-refractivity contribution is 5.47. The molecule has 2 heterocycles. The van der Waals surface area contributed by atoms with E-state index in [9.17, 15) is 4.79 Å². The van der Waals surface area contributed by atoms with E-state index in [1.165, 1.54) is 6.33 Å². The summed E-state index contributed by atoms with van der Waals surface area (Å²) < 4.78 is 1.81. The molecular weight excluding hydrogens is 156 g/mol. The number of hydrogen-bond donors (Lipinski definition) is 0. The van der Waals surface area contributed by atoms with Crippen LogP contribution in [0.2, 0.25) is 0 Å². The number of hydrogen-bond acceptors (Lipinski definition) is 3. The molecule has 1 aromatic rings. The predicted molar refractivity (Wildman–Crippen MR) is 41.3 cm³/mol. The monoisotopic (exact) mass is 166 g/mol. The molecule has 1 aromatic heterocycles. The van der Waals surface area contributed by atoms with Crippen molar-refractivity contribution >= 4 is 6.41 Å². The molecule has 5 nitrogen and oxygen atoms in total. The Morgan fingerprint density at radius 3 is 3.08 bits per heavy atom.